The van der Waals surface area contributed by atoms with E-state index in [2.05, 4.69) is 5.32 Å². The molecule has 1 saturated heterocycles. The number of likely N-dealkylation sites (tertiary alicyclic amines) is 1. The van der Waals surface area contributed by atoms with E-state index in [9.17, 15) is 14.4 Å². The molecule has 0 spiro atoms. The molecule has 3 rings (SSSR count). The molecule has 1 aromatic carbocycles. The van der Waals surface area contributed by atoms with Crippen molar-refractivity contribution in [2.24, 2.45) is 5.92 Å². The Morgan fingerprint density at radius 3 is 2.58 bits per heavy atom. The summed E-state index contributed by atoms with van der Waals surface area (Å²) in [5.74, 6) is -0.805. The van der Waals surface area contributed by atoms with Crippen LogP contribution >= 0.6 is 11.3 Å². The number of carbonyl (C=O) groups is 3. The van der Waals surface area contributed by atoms with E-state index in [1.54, 1.807) is 18.7 Å². The van der Waals surface area contributed by atoms with Crippen LogP contribution in [0.2, 0.25) is 0 Å². The molecule has 31 heavy (non-hydrogen) atoms. The normalized spacial score (nSPS) is 17.3. The summed E-state index contributed by atoms with van der Waals surface area (Å²) in [6.45, 7) is 6.64. The number of thiophene rings is 1. The van der Waals surface area contributed by atoms with Gasteiger partial charge in [-0.3, -0.25) is 14.4 Å². The van der Waals surface area contributed by atoms with E-state index in [0.717, 1.165) is 24.0 Å². The van der Waals surface area contributed by atoms with Gasteiger partial charge >= 0.3 is 5.97 Å². The molecule has 1 N–H and O–H groups in total. The minimum absolute atomic E-state index is 0.0249. The smallest absolute Gasteiger partial charge is 0.308 e. The lowest BCUT2D eigenvalue weighted by Gasteiger charge is -2.32. The zero-order valence-corrected chi connectivity index (χ0v) is 19.1. The molecule has 2 aromatic rings. The molecular formula is C24H30N2O4S. The molecule has 2 amide bonds. The third kappa shape index (κ3) is 6.40. The number of hydrogen-bond acceptors (Lipinski definition) is 5. The van der Waals surface area contributed by atoms with Crippen LogP contribution in [0.15, 0.2) is 41.8 Å². The first-order valence-electron chi connectivity index (χ1n) is 10.7. The molecule has 7 heteroatoms. The summed E-state index contributed by atoms with van der Waals surface area (Å²) in [5.41, 5.74) is 1.97. The summed E-state index contributed by atoms with van der Waals surface area (Å²) < 4.78 is 5.30. The van der Waals surface area contributed by atoms with Crippen molar-refractivity contribution in [3.05, 3.63) is 57.8 Å². The number of benzene rings is 1. The van der Waals surface area contributed by atoms with Crippen molar-refractivity contribution in [2.45, 2.75) is 52.2 Å². The average molecular weight is 443 g/mol. The second-order valence-corrected chi connectivity index (χ2v) is 9.23. The minimum Gasteiger partial charge on any atom is -0.463 e. The molecule has 1 aliphatic rings. The standard InChI is InChI=1S/C24H30N2O4S/c1-16(2)30-22(27)14-20(18-10-8-17(3)9-11-18)25-23(28)19-6-4-12-26(15-19)24(29)21-7-5-13-31-21/h5,7-11,13,16,19-20H,4,6,12,14-15H2,1-3H3,(H,25,28). The van der Waals surface area contributed by atoms with E-state index in [1.807, 2.05) is 48.7 Å². The molecule has 1 fully saturated rings. The van der Waals surface area contributed by atoms with Crippen molar-refractivity contribution in [1.29, 1.82) is 0 Å². The van der Waals surface area contributed by atoms with Gasteiger partial charge in [0, 0.05) is 13.1 Å². The Balaban J connectivity index is 1.69. The number of carbonyl (C=O) groups excluding carboxylic acids is 3. The molecule has 2 unspecified atom stereocenters. The van der Waals surface area contributed by atoms with Crippen LogP contribution in [0.1, 0.15) is 60.0 Å². The number of aryl methyl sites for hydroxylation is 1. The summed E-state index contributed by atoms with van der Waals surface area (Å²) >= 11 is 1.41. The Morgan fingerprint density at radius 2 is 1.94 bits per heavy atom. The first-order chi connectivity index (χ1) is 14.8. The van der Waals surface area contributed by atoms with Gasteiger partial charge < -0.3 is 15.0 Å². The van der Waals surface area contributed by atoms with E-state index in [4.69, 9.17) is 4.74 Å². The van der Waals surface area contributed by atoms with Crippen LogP contribution in [-0.4, -0.2) is 41.9 Å². The van der Waals surface area contributed by atoms with Gasteiger partial charge in [-0.25, -0.2) is 0 Å². The number of nitrogens with one attached hydrogen (secondary N) is 1. The largest absolute Gasteiger partial charge is 0.463 e. The summed E-state index contributed by atoms with van der Waals surface area (Å²) in [6, 6.07) is 11.0. The summed E-state index contributed by atoms with van der Waals surface area (Å²) in [4.78, 5) is 40.6. The highest BCUT2D eigenvalue weighted by atomic mass is 32.1. The van der Waals surface area contributed by atoms with E-state index >= 15 is 0 Å². The molecule has 0 radical (unpaired) electrons. The van der Waals surface area contributed by atoms with Crippen LogP contribution in [-0.2, 0) is 14.3 Å². The maximum atomic E-state index is 13.1. The van der Waals surface area contributed by atoms with E-state index in [-0.39, 0.29) is 36.2 Å². The van der Waals surface area contributed by atoms with Gasteiger partial charge in [0.25, 0.3) is 5.91 Å². The van der Waals surface area contributed by atoms with E-state index < -0.39 is 6.04 Å². The third-order valence-electron chi connectivity index (χ3n) is 5.35. The molecule has 0 saturated carbocycles. The van der Waals surface area contributed by atoms with Crippen LogP contribution in [0.4, 0.5) is 0 Å². The quantitative estimate of drug-likeness (QED) is 0.655. The van der Waals surface area contributed by atoms with Crippen molar-refractivity contribution >= 4 is 29.1 Å². The first kappa shape index (κ1) is 23.0. The van der Waals surface area contributed by atoms with Gasteiger partial charge in [0.15, 0.2) is 0 Å². The number of ether oxygens (including phenoxy) is 1. The van der Waals surface area contributed by atoms with Crippen molar-refractivity contribution in [3.63, 3.8) is 0 Å². The monoisotopic (exact) mass is 442 g/mol. The Labute approximate surface area is 187 Å². The second kappa shape index (κ2) is 10.6. The number of rotatable bonds is 7. The van der Waals surface area contributed by atoms with Crippen molar-refractivity contribution in [3.8, 4) is 0 Å². The van der Waals surface area contributed by atoms with Gasteiger partial charge in [0.1, 0.15) is 0 Å². The topological polar surface area (TPSA) is 75.7 Å². The van der Waals surface area contributed by atoms with Crippen LogP contribution in [0.3, 0.4) is 0 Å². The zero-order valence-electron chi connectivity index (χ0n) is 18.3. The molecule has 6 nitrogen and oxygen atoms in total. The molecule has 0 bridgehead atoms. The fraction of sp³-hybridized carbons (Fsp3) is 0.458. The van der Waals surface area contributed by atoms with Gasteiger partial charge in [0.05, 0.1) is 29.4 Å². The lowest BCUT2D eigenvalue weighted by Crippen LogP contribution is -2.46. The van der Waals surface area contributed by atoms with Gasteiger partial charge in [0.2, 0.25) is 5.91 Å². The zero-order chi connectivity index (χ0) is 22.4. The fourth-order valence-electron chi connectivity index (χ4n) is 3.75. The second-order valence-electron chi connectivity index (χ2n) is 8.28. The summed E-state index contributed by atoms with van der Waals surface area (Å²) in [5, 5.41) is 4.92. The highest BCUT2D eigenvalue weighted by Gasteiger charge is 2.31. The Bertz CT molecular complexity index is 893. The maximum Gasteiger partial charge on any atom is 0.308 e. The Hall–Kier alpha value is -2.67. The van der Waals surface area contributed by atoms with Gasteiger partial charge in [-0.2, -0.15) is 0 Å². The summed E-state index contributed by atoms with van der Waals surface area (Å²) in [7, 11) is 0. The molecule has 0 aliphatic carbocycles. The molecule has 166 valence electrons. The fourth-order valence-corrected chi connectivity index (χ4v) is 4.44. The van der Waals surface area contributed by atoms with Crippen LogP contribution < -0.4 is 5.32 Å². The number of esters is 1. The Kier molecular flexibility index (Phi) is 7.85. The minimum atomic E-state index is -0.470. The molecule has 1 aliphatic heterocycles. The predicted octanol–water partition coefficient (Wildman–Crippen LogP) is 4.11. The highest BCUT2D eigenvalue weighted by Crippen LogP contribution is 2.24. The molecule has 2 heterocycles. The van der Waals surface area contributed by atoms with Crippen molar-refractivity contribution in [2.75, 3.05) is 13.1 Å². The number of hydrogen-bond donors (Lipinski definition) is 1. The van der Waals surface area contributed by atoms with E-state index in [1.165, 1.54) is 11.3 Å². The van der Waals surface area contributed by atoms with Crippen LogP contribution in [0, 0.1) is 12.8 Å². The lowest BCUT2D eigenvalue weighted by atomic mass is 9.95. The van der Waals surface area contributed by atoms with E-state index in [0.29, 0.717) is 18.0 Å². The first-order valence-corrected chi connectivity index (χ1v) is 11.6. The van der Waals surface area contributed by atoms with Gasteiger partial charge in [-0.05, 0) is 50.6 Å². The average Bonchev–Trinajstić information content (AvgIpc) is 3.27. The third-order valence-corrected chi connectivity index (χ3v) is 6.20. The van der Waals surface area contributed by atoms with Crippen molar-refractivity contribution in [1.82, 2.24) is 10.2 Å². The highest BCUT2D eigenvalue weighted by molar-refractivity contribution is 7.12. The maximum absolute atomic E-state index is 13.1. The molecule has 2 atom stereocenters. The van der Waals surface area contributed by atoms with Crippen LogP contribution in [0.25, 0.3) is 0 Å². The lowest BCUT2D eigenvalue weighted by molar-refractivity contribution is -0.148. The van der Waals surface area contributed by atoms with Gasteiger partial charge in [-0.15, -0.1) is 11.3 Å². The number of nitrogens with zero attached hydrogens (tertiary/aromatic N) is 1. The molecule has 1 aromatic heterocycles. The Morgan fingerprint density at radius 1 is 1.19 bits per heavy atom. The predicted molar refractivity (Wildman–Crippen MR) is 121 cm³/mol. The number of amides is 2. The summed E-state index contributed by atoms with van der Waals surface area (Å²) in [6.07, 6.45) is 1.35. The molecular weight excluding hydrogens is 412 g/mol. The number of piperidine rings is 1. The van der Waals surface area contributed by atoms with Gasteiger partial charge in [-0.1, -0.05) is 35.9 Å². The van der Waals surface area contributed by atoms with Crippen LogP contribution in [0.5, 0.6) is 0 Å². The SMILES string of the molecule is Cc1ccc(C(CC(=O)OC(C)C)NC(=O)C2CCCN(C(=O)c3cccs3)C2)cc1. The van der Waals surface area contributed by atoms with Crippen molar-refractivity contribution < 1.29 is 19.1 Å².